The molecule has 1 aliphatic rings. The van der Waals surface area contributed by atoms with Crippen LogP contribution in [-0.2, 0) is 14.4 Å². The van der Waals surface area contributed by atoms with E-state index in [9.17, 15) is 14.4 Å². The van der Waals surface area contributed by atoms with Crippen molar-refractivity contribution in [3.63, 3.8) is 0 Å². The van der Waals surface area contributed by atoms with Gasteiger partial charge in [-0.15, -0.1) is 11.8 Å². The van der Waals surface area contributed by atoms with E-state index in [4.69, 9.17) is 4.74 Å². The van der Waals surface area contributed by atoms with E-state index >= 15 is 0 Å². The summed E-state index contributed by atoms with van der Waals surface area (Å²) < 4.78 is 5.38. The Morgan fingerprint density at radius 1 is 1.15 bits per heavy atom. The van der Waals surface area contributed by atoms with E-state index in [0.29, 0.717) is 23.7 Å². The fraction of sp³-hybridized carbons (Fsp3) is 0.250. The maximum absolute atomic E-state index is 12.6. The fourth-order valence-electron chi connectivity index (χ4n) is 2.76. The number of anilines is 2. The van der Waals surface area contributed by atoms with Gasteiger partial charge in [-0.1, -0.05) is 18.2 Å². The van der Waals surface area contributed by atoms with Gasteiger partial charge in [0.2, 0.25) is 17.7 Å². The Morgan fingerprint density at radius 3 is 2.52 bits per heavy atom. The quantitative estimate of drug-likeness (QED) is 0.743. The number of nitrogens with zero attached hydrogens (tertiary/aromatic N) is 1. The van der Waals surface area contributed by atoms with Crippen LogP contribution in [0.5, 0.6) is 5.75 Å². The average Bonchev–Trinajstić information content (AvgIpc) is 2.95. The van der Waals surface area contributed by atoms with Crippen LogP contribution in [-0.4, -0.2) is 35.3 Å². The largest absolute Gasteiger partial charge is 0.494 e. The number of ether oxygens (including phenoxy) is 1. The molecule has 0 unspecified atom stereocenters. The summed E-state index contributed by atoms with van der Waals surface area (Å²) in [6.07, 6.45) is 0.0926. The van der Waals surface area contributed by atoms with E-state index in [-0.39, 0.29) is 29.9 Å². The van der Waals surface area contributed by atoms with E-state index in [0.717, 1.165) is 0 Å². The van der Waals surface area contributed by atoms with E-state index < -0.39 is 5.25 Å². The van der Waals surface area contributed by atoms with Crippen molar-refractivity contribution in [1.82, 2.24) is 0 Å². The first-order valence-corrected chi connectivity index (χ1v) is 9.69. The van der Waals surface area contributed by atoms with Crippen LogP contribution < -0.4 is 15.0 Å². The molecule has 3 rings (SSSR count). The van der Waals surface area contributed by atoms with Gasteiger partial charge in [0.25, 0.3) is 0 Å². The molecule has 0 aromatic heterocycles. The molecular weight excluding hydrogens is 364 g/mol. The molecule has 1 aliphatic heterocycles. The molecule has 7 heteroatoms. The standard InChI is InChI=1S/C20H20N2O4S/c1-2-26-16-10-8-15(9-11-16)22-19(24)12-17(20(22)25)27-13-18(23)21-14-6-4-3-5-7-14/h3-11,17H,2,12-13H2,1H3,(H,21,23)/t17-/m0/s1. The number of amides is 3. The van der Waals surface area contributed by atoms with Gasteiger partial charge >= 0.3 is 0 Å². The number of benzene rings is 2. The molecule has 0 spiro atoms. The Hall–Kier alpha value is -2.80. The Bertz CT molecular complexity index is 824. The topological polar surface area (TPSA) is 75.7 Å². The number of carbonyl (C=O) groups is 3. The Labute approximate surface area is 161 Å². The number of hydrogen-bond donors (Lipinski definition) is 1. The number of carbonyl (C=O) groups excluding carboxylic acids is 3. The normalized spacial score (nSPS) is 16.5. The second-order valence-electron chi connectivity index (χ2n) is 5.91. The van der Waals surface area contributed by atoms with E-state index in [1.807, 2.05) is 25.1 Å². The van der Waals surface area contributed by atoms with Crippen LogP contribution in [0.4, 0.5) is 11.4 Å². The van der Waals surface area contributed by atoms with E-state index in [1.54, 1.807) is 36.4 Å². The zero-order chi connectivity index (χ0) is 19.2. The highest BCUT2D eigenvalue weighted by Crippen LogP contribution is 2.30. The maximum Gasteiger partial charge on any atom is 0.247 e. The molecule has 1 heterocycles. The Kier molecular flexibility index (Phi) is 6.13. The van der Waals surface area contributed by atoms with Crippen molar-refractivity contribution in [2.75, 3.05) is 22.6 Å². The minimum atomic E-state index is -0.550. The van der Waals surface area contributed by atoms with Crippen LogP contribution in [0.25, 0.3) is 0 Å². The van der Waals surface area contributed by atoms with Gasteiger partial charge in [0, 0.05) is 12.1 Å². The first-order chi connectivity index (χ1) is 13.1. The van der Waals surface area contributed by atoms with Crippen LogP contribution in [0.1, 0.15) is 13.3 Å². The lowest BCUT2D eigenvalue weighted by atomic mass is 10.3. The minimum Gasteiger partial charge on any atom is -0.494 e. The lowest BCUT2D eigenvalue weighted by Crippen LogP contribution is -2.31. The van der Waals surface area contributed by atoms with Crippen molar-refractivity contribution in [2.24, 2.45) is 0 Å². The number of nitrogens with one attached hydrogen (secondary N) is 1. The summed E-state index contributed by atoms with van der Waals surface area (Å²) in [7, 11) is 0. The SMILES string of the molecule is CCOc1ccc(N2C(=O)C[C@H](SCC(=O)Nc3ccccc3)C2=O)cc1. The predicted molar refractivity (Wildman–Crippen MR) is 106 cm³/mol. The van der Waals surface area contributed by atoms with Gasteiger partial charge in [-0.05, 0) is 43.3 Å². The van der Waals surface area contributed by atoms with Crippen molar-refractivity contribution < 1.29 is 19.1 Å². The van der Waals surface area contributed by atoms with Gasteiger partial charge in [0.1, 0.15) is 5.75 Å². The molecule has 27 heavy (non-hydrogen) atoms. The van der Waals surface area contributed by atoms with E-state index in [2.05, 4.69) is 5.32 Å². The number of para-hydroxylation sites is 1. The summed E-state index contributed by atoms with van der Waals surface area (Å²) in [5, 5.41) is 2.22. The second-order valence-corrected chi connectivity index (χ2v) is 7.10. The highest BCUT2D eigenvalue weighted by atomic mass is 32.2. The van der Waals surface area contributed by atoms with Crippen molar-refractivity contribution >= 4 is 40.9 Å². The highest BCUT2D eigenvalue weighted by Gasteiger charge is 2.40. The molecule has 140 valence electrons. The summed E-state index contributed by atoms with van der Waals surface area (Å²) in [6.45, 7) is 2.43. The van der Waals surface area contributed by atoms with E-state index in [1.165, 1.54) is 16.7 Å². The van der Waals surface area contributed by atoms with Gasteiger partial charge in [-0.25, -0.2) is 4.90 Å². The molecule has 2 aromatic rings. The first kappa shape index (κ1) is 19.0. The summed E-state index contributed by atoms with van der Waals surface area (Å²) in [5.41, 5.74) is 1.22. The number of imide groups is 1. The number of hydrogen-bond acceptors (Lipinski definition) is 5. The summed E-state index contributed by atoms with van der Waals surface area (Å²) in [5.74, 6) is 0.0389. The lowest BCUT2D eigenvalue weighted by Gasteiger charge is -2.15. The third-order valence-electron chi connectivity index (χ3n) is 3.98. The summed E-state index contributed by atoms with van der Waals surface area (Å²) >= 11 is 1.18. The molecule has 0 bridgehead atoms. The average molecular weight is 384 g/mol. The molecule has 1 fully saturated rings. The van der Waals surface area contributed by atoms with Crippen LogP contribution in [0.15, 0.2) is 54.6 Å². The van der Waals surface area contributed by atoms with Crippen LogP contribution >= 0.6 is 11.8 Å². The molecule has 1 N–H and O–H groups in total. The summed E-state index contributed by atoms with van der Waals surface area (Å²) in [6, 6.07) is 15.9. The smallest absolute Gasteiger partial charge is 0.247 e. The van der Waals surface area contributed by atoms with Crippen LogP contribution in [0.2, 0.25) is 0 Å². The number of rotatable bonds is 7. The van der Waals surface area contributed by atoms with Crippen molar-refractivity contribution in [3.8, 4) is 5.75 Å². The second kappa shape index (κ2) is 8.73. The van der Waals surface area contributed by atoms with Crippen LogP contribution in [0, 0.1) is 0 Å². The van der Waals surface area contributed by atoms with Crippen molar-refractivity contribution in [2.45, 2.75) is 18.6 Å². The highest BCUT2D eigenvalue weighted by molar-refractivity contribution is 8.01. The first-order valence-electron chi connectivity index (χ1n) is 8.64. The summed E-state index contributed by atoms with van der Waals surface area (Å²) in [4.78, 5) is 38.2. The maximum atomic E-state index is 12.6. The number of thioether (sulfide) groups is 1. The molecule has 0 saturated carbocycles. The molecule has 1 atom stereocenters. The van der Waals surface area contributed by atoms with Crippen molar-refractivity contribution in [3.05, 3.63) is 54.6 Å². The molecule has 0 aliphatic carbocycles. The van der Waals surface area contributed by atoms with Gasteiger partial charge in [-0.3, -0.25) is 14.4 Å². The van der Waals surface area contributed by atoms with Gasteiger partial charge in [-0.2, -0.15) is 0 Å². The lowest BCUT2D eigenvalue weighted by molar-refractivity contribution is -0.121. The zero-order valence-corrected chi connectivity index (χ0v) is 15.7. The fourth-order valence-corrected chi connectivity index (χ4v) is 3.69. The molecule has 3 amide bonds. The molecule has 0 radical (unpaired) electrons. The Morgan fingerprint density at radius 2 is 1.85 bits per heavy atom. The van der Waals surface area contributed by atoms with Crippen molar-refractivity contribution in [1.29, 1.82) is 0 Å². The Balaban J connectivity index is 1.58. The zero-order valence-electron chi connectivity index (χ0n) is 14.9. The molecule has 1 saturated heterocycles. The molecule has 6 nitrogen and oxygen atoms in total. The third-order valence-corrected chi connectivity index (χ3v) is 5.18. The van der Waals surface area contributed by atoms with Gasteiger partial charge in [0.05, 0.1) is 23.3 Å². The molecule has 2 aromatic carbocycles. The third kappa shape index (κ3) is 4.68. The molecular formula is C20H20N2O4S. The van der Waals surface area contributed by atoms with Gasteiger partial charge < -0.3 is 10.1 Å². The minimum absolute atomic E-state index is 0.0926. The van der Waals surface area contributed by atoms with Gasteiger partial charge in [0.15, 0.2) is 0 Å². The van der Waals surface area contributed by atoms with Crippen LogP contribution in [0.3, 0.4) is 0 Å². The monoisotopic (exact) mass is 384 g/mol. The predicted octanol–water partition coefficient (Wildman–Crippen LogP) is 3.09.